The molecule has 0 unspecified atom stereocenters. The molecule has 2 rings (SSSR count). The molecular formula is C13H8Cl2O3. The molecular weight excluding hydrogens is 275 g/mol. The molecule has 0 bridgehead atoms. The lowest BCUT2D eigenvalue weighted by Crippen LogP contribution is -2.00. The van der Waals surface area contributed by atoms with Crippen LogP contribution in [0.5, 0.6) is 11.5 Å². The van der Waals surface area contributed by atoms with Gasteiger partial charge in [-0.2, -0.15) is 0 Å². The van der Waals surface area contributed by atoms with Crippen LogP contribution in [0.1, 0.15) is 10.4 Å². The average Bonchev–Trinajstić information content (AvgIpc) is 2.36. The Morgan fingerprint density at radius 1 is 1.06 bits per heavy atom. The summed E-state index contributed by atoms with van der Waals surface area (Å²) in [6, 6.07) is 11.5. The molecule has 0 aliphatic heterocycles. The number of aromatic carboxylic acids is 1. The Bertz CT molecular complexity index is 582. The van der Waals surface area contributed by atoms with E-state index < -0.39 is 5.97 Å². The average molecular weight is 283 g/mol. The first-order valence-electron chi connectivity index (χ1n) is 5.04. The molecule has 92 valence electrons. The molecule has 3 nitrogen and oxygen atoms in total. The fraction of sp³-hybridized carbons (Fsp3) is 0. The van der Waals surface area contributed by atoms with Crippen molar-refractivity contribution >= 4 is 29.2 Å². The van der Waals surface area contributed by atoms with Gasteiger partial charge >= 0.3 is 5.97 Å². The molecule has 0 atom stereocenters. The normalized spacial score (nSPS) is 10.1. The van der Waals surface area contributed by atoms with Crippen molar-refractivity contribution in [3.63, 3.8) is 0 Å². The molecule has 0 fully saturated rings. The first-order valence-corrected chi connectivity index (χ1v) is 5.79. The minimum Gasteiger partial charge on any atom is -0.478 e. The Hall–Kier alpha value is -1.71. The summed E-state index contributed by atoms with van der Waals surface area (Å²) in [5, 5.41) is 9.40. The van der Waals surface area contributed by atoms with Crippen LogP contribution >= 0.6 is 23.2 Å². The Labute approximate surface area is 114 Å². The molecule has 0 saturated heterocycles. The van der Waals surface area contributed by atoms with Gasteiger partial charge in [-0.05, 0) is 24.3 Å². The first-order chi connectivity index (χ1) is 8.59. The lowest BCUT2D eigenvalue weighted by molar-refractivity contribution is 0.0694. The zero-order valence-corrected chi connectivity index (χ0v) is 10.6. The van der Waals surface area contributed by atoms with Gasteiger partial charge in [0.25, 0.3) is 0 Å². The quantitative estimate of drug-likeness (QED) is 0.903. The number of para-hydroxylation sites is 1. The molecule has 0 radical (unpaired) electrons. The Kier molecular flexibility index (Phi) is 3.75. The lowest BCUT2D eigenvalue weighted by Gasteiger charge is -2.11. The molecule has 0 aliphatic carbocycles. The highest BCUT2D eigenvalue weighted by molar-refractivity contribution is 6.43. The molecule has 0 saturated carbocycles. The summed E-state index contributed by atoms with van der Waals surface area (Å²) in [6.45, 7) is 0. The van der Waals surface area contributed by atoms with E-state index in [1.165, 1.54) is 12.1 Å². The van der Waals surface area contributed by atoms with Gasteiger partial charge in [-0.15, -0.1) is 0 Å². The molecule has 0 aromatic heterocycles. The standard InChI is InChI=1S/C13H8Cl2O3/c14-10-7-6-9(13(16)17)12(11(10)15)18-8-4-2-1-3-5-8/h1-7H,(H,16,17). The minimum atomic E-state index is -1.13. The molecule has 0 spiro atoms. The number of hydrogen-bond acceptors (Lipinski definition) is 2. The van der Waals surface area contributed by atoms with Gasteiger partial charge in [-0.1, -0.05) is 41.4 Å². The second-order valence-corrected chi connectivity index (χ2v) is 4.24. The number of carbonyl (C=O) groups is 1. The van der Waals surface area contributed by atoms with Crippen LogP contribution in [-0.4, -0.2) is 11.1 Å². The molecule has 18 heavy (non-hydrogen) atoms. The van der Waals surface area contributed by atoms with Crippen molar-refractivity contribution in [3.8, 4) is 11.5 Å². The second kappa shape index (κ2) is 5.29. The van der Waals surface area contributed by atoms with E-state index in [4.69, 9.17) is 33.0 Å². The van der Waals surface area contributed by atoms with E-state index in [0.29, 0.717) is 5.75 Å². The predicted octanol–water partition coefficient (Wildman–Crippen LogP) is 4.48. The summed E-state index contributed by atoms with van der Waals surface area (Å²) in [5.41, 5.74) is -0.0340. The lowest BCUT2D eigenvalue weighted by atomic mass is 10.2. The van der Waals surface area contributed by atoms with Crippen molar-refractivity contribution in [2.24, 2.45) is 0 Å². The van der Waals surface area contributed by atoms with Crippen LogP contribution in [0.15, 0.2) is 42.5 Å². The van der Waals surface area contributed by atoms with E-state index in [9.17, 15) is 4.79 Å². The molecule has 1 N–H and O–H groups in total. The summed E-state index contributed by atoms with van der Waals surface area (Å²) >= 11 is 11.8. The molecule has 0 heterocycles. The van der Waals surface area contributed by atoms with Crippen LogP contribution in [0.25, 0.3) is 0 Å². The molecule has 0 aliphatic rings. The number of benzene rings is 2. The molecule has 2 aromatic rings. The first kappa shape index (κ1) is 12.7. The van der Waals surface area contributed by atoms with Crippen LogP contribution in [0.4, 0.5) is 0 Å². The van der Waals surface area contributed by atoms with E-state index in [0.717, 1.165) is 0 Å². The highest BCUT2D eigenvalue weighted by atomic mass is 35.5. The maximum Gasteiger partial charge on any atom is 0.339 e. The molecule has 2 aromatic carbocycles. The summed E-state index contributed by atoms with van der Waals surface area (Å²) in [5.74, 6) is -0.591. The van der Waals surface area contributed by atoms with Gasteiger partial charge < -0.3 is 9.84 Å². The number of hydrogen-bond donors (Lipinski definition) is 1. The fourth-order valence-corrected chi connectivity index (χ4v) is 1.76. The molecule has 0 amide bonds. The molecule has 5 heteroatoms. The number of halogens is 2. The summed E-state index contributed by atoms with van der Waals surface area (Å²) in [7, 11) is 0. The van der Waals surface area contributed by atoms with Crippen molar-refractivity contribution in [1.29, 1.82) is 0 Å². The van der Waals surface area contributed by atoms with Crippen LogP contribution in [-0.2, 0) is 0 Å². The van der Waals surface area contributed by atoms with E-state index in [1.807, 2.05) is 6.07 Å². The van der Waals surface area contributed by atoms with Crippen molar-refractivity contribution in [1.82, 2.24) is 0 Å². The number of rotatable bonds is 3. The maximum absolute atomic E-state index is 11.1. The number of carboxylic acid groups (broad SMARTS) is 1. The predicted molar refractivity (Wildman–Crippen MR) is 69.9 cm³/mol. The van der Waals surface area contributed by atoms with Gasteiger partial charge in [0.15, 0.2) is 5.75 Å². The largest absolute Gasteiger partial charge is 0.478 e. The van der Waals surface area contributed by atoms with E-state index in [1.54, 1.807) is 24.3 Å². The van der Waals surface area contributed by atoms with Crippen molar-refractivity contribution in [2.75, 3.05) is 0 Å². The topological polar surface area (TPSA) is 46.5 Å². The van der Waals surface area contributed by atoms with Crippen molar-refractivity contribution in [2.45, 2.75) is 0 Å². The van der Waals surface area contributed by atoms with E-state index in [2.05, 4.69) is 0 Å². The van der Waals surface area contributed by atoms with Gasteiger partial charge in [0, 0.05) is 0 Å². The third-order valence-corrected chi connectivity index (χ3v) is 3.03. The van der Waals surface area contributed by atoms with Crippen LogP contribution in [0.3, 0.4) is 0 Å². The smallest absolute Gasteiger partial charge is 0.339 e. The van der Waals surface area contributed by atoms with Gasteiger partial charge in [0.05, 0.1) is 5.02 Å². The minimum absolute atomic E-state index is 0.0340. The van der Waals surface area contributed by atoms with Gasteiger partial charge in [-0.3, -0.25) is 0 Å². The Morgan fingerprint density at radius 3 is 2.33 bits per heavy atom. The Balaban J connectivity index is 2.48. The fourth-order valence-electron chi connectivity index (χ4n) is 1.41. The third kappa shape index (κ3) is 2.58. The van der Waals surface area contributed by atoms with Gasteiger partial charge in [0.2, 0.25) is 0 Å². The zero-order chi connectivity index (χ0) is 13.1. The van der Waals surface area contributed by atoms with Crippen LogP contribution < -0.4 is 4.74 Å². The Morgan fingerprint density at radius 2 is 1.72 bits per heavy atom. The third-order valence-electron chi connectivity index (χ3n) is 2.24. The van der Waals surface area contributed by atoms with Gasteiger partial charge in [0.1, 0.15) is 16.3 Å². The monoisotopic (exact) mass is 282 g/mol. The van der Waals surface area contributed by atoms with Crippen molar-refractivity contribution < 1.29 is 14.6 Å². The second-order valence-electron chi connectivity index (χ2n) is 3.46. The van der Waals surface area contributed by atoms with E-state index >= 15 is 0 Å². The number of ether oxygens (including phenoxy) is 1. The summed E-state index contributed by atoms with van der Waals surface area (Å²) in [6.07, 6.45) is 0. The van der Waals surface area contributed by atoms with Crippen LogP contribution in [0, 0.1) is 0 Å². The van der Waals surface area contributed by atoms with E-state index in [-0.39, 0.29) is 21.4 Å². The summed E-state index contributed by atoms with van der Waals surface area (Å²) in [4.78, 5) is 11.1. The summed E-state index contributed by atoms with van der Waals surface area (Å²) < 4.78 is 5.49. The number of carboxylic acids is 1. The van der Waals surface area contributed by atoms with Crippen molar-refractivity contribution in [3.05, 3.63) is 58.1 Å². The van der Waals surface area contributed by atoms with Gasteiger partial charge in [-0.25, -0.2) is 4.79 Å². The highest BCUT2D eigenvalue weighted by Gasteiger charge is 2.18. The maximum atomic E-state index is 11.1. The highest BCUT2D eigenvalue weighted by Crippen LogP contribution is 2.37. The van der Waals surface area contributed by atoms with Crippen LogP contribution in [0.2, 0.25) is 10.0 Å². The SMILES string of the molecule is O=C(O)c1ccc(Cl)c(Cl)c1Oc1ccccc1. The zero-order valence-electron chi connectivity index (χ0n) is 9.06.